The Hall–Kier alpha value is -3.83. The lowest BCUT2D eigenvalue weighted by atomic mass is 10.1. The van der Waals surface area contributed by atoms with E-state index in [4.69, 9.17) is 25.5 Å². The summed E-state index contributed by atoms with van der Waals surface area (Å²) in [6, 6.07) is 18.8. The molecule has 4 rings (SSSR count). The number of hydrogen-bond acceptors (Lipinski definition) is 5. The van der Waals surface area contributed by atoms with E-state index in [0.717, 1.165) is 11.3 Å². The van der Waals surface area contributed by atoms with Gasteiger partial charge in [-0.05, 0) is 53.6 Å². The summed E-state index contributed by atoms with van der Waals surface area (Å²) < 4.78 is 16.1. The Balaban J connectivity index is 1.53. The van der Waals surface area contributed by atoms with Gasteiger partial charge in [0.1, 0.15) is 23.3 Å². The molecule has 0 spiro atoms. The predicted octanol–water partition coefficient (Wildman–Crippen LogP) is 5.74. The number of methoxy groups -OCH3 is 1. The second-order valence-corrected chi connectivity index (χ2v) is 7.11. The van der Waals surface area contributed by atoms with E-state index in [2.05, 4.69) is 0 Å². The molecule has 0 aliphatic heterocycles. The Bertz CT molecular complexity index is 1320. The molecule has 0 saturated heterocycles. The fraction of sp³-hybridized carbons (Fsp3) is 0.0400. The number of ether oxygens (including phenoxy) is 2. The Labute approximate surface area is 183 Å². The number of halogens is 1. The topological polar surface area (TPSA) is 65.7 Å². The van der Waals surface area contributed by atoms with Crippen molar-refractivity contribution in [3.8, 4) is 22.6 Å². The van der Waals surface area contributed by atoms with Crippen LogP contribution in [0.2, 0.25) is 5.02 Å². The maximum atomic E-state index is 12.8. The molecule has 1 aromatic heterocycles. The minimum atomic E-state index is -0.546. The molecule has 0 aliphatic rings. The van der Waals surface area contributed by atoms with Crippen molar-refractivity contribution < 1.29 is 18.7 Å². The van der Waals surface area contributed by atoms with Gasteiger partial charge < -0.3 is 13.9 Å². The highest BCUT2D eigenvalue weighted by Gasteiger charge is 2.11. The highest BCUT2D eigenvalue weighted by atomic mass is 35.5. The molecule has 3 aromatic carbocycles. The van der Waals surface area contributed by atoms with Crippen LogP contribution in [0.5, 0.6) is 11.5 Å². The first kappa shape index (κ1) is 20.4. The van der Waals surface area contributed by atoms with E-state index >= 15 is 0 Å². The molecule has 5 nitrogen and oxygen atoms in total. The first-order chi connectivity index (χ1) is 15.0. The van der Waals surface area contributed by atoms with Gasteiger partial charge in [-0.3, -0.25) is 4.79 Å². The molecule has 0 unspecified atom stereocenters. The van der Waals surface area contributed by atoms with Crippen molar-refractivity contribution in [2.45, 2.75) is 0 Å². The third-order valence-electron chi connectivity index (χ3n) is 4.65. The SMILES string of the molecule is COc1ccc(/C=C/C(=O)Oc2ccc3c(=O)c(-c4ccc(Cl)cc4)coc3c2)cc1. The lowest BCUT2D eigenvalue weighted by Crippen LogP contribution is -2.06. The summed E-state index contributed by atoms with van der Waals surface area (Å²) in [6.07, 6.45) is 4.36. The van der Waals surface area contributed by atoms with E-state index in [1.165, 1.54) is 18.4 Å². The van der Waals surface area contributed by atoms with Crippen molar-refractivity contribution in [3.05, 3.63) is 99.9 Å². The Morgan fingerprint density at radius 2 is 1.68 bits per heavy atom. The molecular weight excluding hydrogens is 416 g/mol. The van der Waals surface area contributed by atoms with Gasteiger partial charge in [-0.25, -0.2) is 4.79 Å². The molecule has 4 aromatic rings. The maximum Gasteiger partial charge on any atom is 0.336 e. The molecule has 0 radical (unpaired) electrons. The van der Waals surface area contributed by atoms with Crippen molar-refractivity contribution in [2.24, 2.45) is 0 Å². The third-order valence-corrected chi connectivity index (χ3v) is 4.90. The van der Waals surface area contributed by atoms with E-state index < -0.39 is 5.97 Å². The lowest BCUT2D eigenvalue weighted by Gasteiger charge is -2.05. The number of fused-ring (bicyclic) bond motifs is 1. The van der Waals surface area contributed by atoms with Gasteiger partial charge in [-0.15, -0.1) is 0 Å². The molecule has 6 heteroatoms. The van der Waals surface area contributed by atoms with Crippen LogP contribution in [0.25, 0.3) is 28.2 Å². The number of esters is 1. The van der Waals surface area contributed by atoms with Gasteiger partial charge in [0.25, 0.3) is 0 Å². The van der Waals surface area contributed by atoms with Crippen LogP contribution in [0.4, 0.5) is 0 Å². The molecule has 0 fully saturated rings. The molecule has 31 heavy (non-hydrogen) atoms. The average molecular weight is 433 g/mol. The first-order valence-electron chi connectivity index (χ1n) is 9.39. The van der Waals surface area contributed by atoms with Crippen molar-refractivity contribution in [1.82, 2.24) is 0 Å². The molecule has 0 saturated carbocycles. The first-order valence-corrected chi connectivity index (χ1v) is 9.77. The van der Waals surface area contributed by atoms with Crippen LogP contribution in [-0.2, 0) is 4.79 Å². The monoisotopic (exact) mass is 432 g/mol. The van der Waals surface area contributed by atoms with E-state index in [1.807, 2.05) is 12.1 Å². The normalized spacial score (nSPS) is 11.0. The van der Waals surface area contributed by atoms with Crippen LogP contribution in [0.3, 0.4) is 0 Å². The highest BCUT2D eigenvalue weighted by molar-refractivity contribution is 6.30. The maximum absolute atomic E-state index is 12.8. The molecule has 0 amide bonds. The van der Waals surface area contributed by atoms with Crippen LogP contribution >= 0.6 is 11.6 Å². The largest absolute Gasteiger partial charge is 0.497 e. The standard InChI is InChI=1S/C25H17ClO5/c1-29-19-9-2-16(3-10-19)4-13-24(27)31-20-11-12-21-23(14-20)30-15-22(25(21)28)17-5-7-18(26)8-6-17/h2-15H,1H3/b13-4+. The summed E-state index contributed by atoms with van der Waals surface area (Å²) in [5.41, 5.74) is 2.11. The second kappa shape index (κ2) is 8.90. The van der Waals surface area contributed by atoms with E-state index in [0.29, 0.717) is 27.1 Å². The minimum Gasteiger partial charge on any atom is -0.497 e. The zero-order chi connectivity index (χ0) is 21.8. The molecule has 0 N–H and O–H groups in total. The number of hydrogen-bond donors (Lipinski definition) is 0. The number of carbonyl (C=O) groups excluding carboxylic acids is 1. The molecule has 0 bridgehead atoms. The van der Waals surface area contributed by atoms with Gasteiger partial charge in [0.2, 0.25) is 0 Å². The Morgan fingerprint density at radius 3 is 2.39 bits per heavy atom. The van der Waals surface area contributed by atoms with Crippen LogP contribution < -0.4 is 14.9 Å². The number of carbonyl (C=O) groups is 1. The zero-order valence-electron chi connectivity index (χ0n) is 16.5. The highest BCUT2D eigenvalue weighted by Crippen LogP contribution is 2.24. The van der Waals surface area contributed by atoms with Crippen LogP contribution in [0.1, 0.15) is 5.56 Å². The summed E-state index contributed by atoms with van der Waals surface area (Å²) in [5, 5.41) is 0.974. The van der Waals surface area contributed by atoms with Crippen LogP contribution in [-0.4, -0.2) is 13.1 Å². The quantitative estimate of drug-likeness (QED) is 0.228. The van der Waals surface area contributed by atoms with Crippen molar-refractivity contribution in [3.63, 3.8) is 0 Å². The minimum absolute atomic E-state index is 0.180. The summed E-state index contributed by atoms with van der Waals surface area (Å²) in [5.74, 6) is 0.464. The summed E-state index contributed by atoms with van der Waals surface area (Å²) >= 11 is 5.91. The smallest absolute Gasteiger partial charge is 0.336 e. The summed E-state index contributed by atoms with van der Waals surface area (Å²) in [7, 11) is 1.59. The summed E-state index contributed by atoms with van der Waals surface area (Å²) in [4.78, 5) is 25.0. The van der Waals surface area contributed by atoms with Gasteiger partial charge in [0.05, 0.1) is 18.1 Å². The van der Waals surface area contributed by atoms with E-state index in [1.54, 1.807) is 61.7 Å². The zero-order valence-corrected chi connectivity index (χ0v) is 17.3. The van der Waals surface area contributed by atoms with Crippen LogP contribution in [0.15, 0.2) is 88.3 Å². The Kier molecular flexibility index (Phi) is 5.87. The number of benzene rings is 3. The summed E-state index contributed by atoms with van der Waals surface area (Å²) in [6.45, 7) is 0. The number of rotatable bonds is 5. The molecule has 0 aliphatic carbocycles. The van der Waals surface area contributed by atoms with E-state index in [-0.39, 0.29) is 11.2 Å². The van der Waals surface area contributed by atoms with Crippen molar-refractivity contribution in [2.75, 3.05) is 7.11 Å². The fourth-order valence-electron chi connectivity index (χ4n) is 3.03. The van der Waals surface area contributed by atoms with E-state index in [9.17, 15) is 9.59 Å². The van der Waals surface area contributed by atoms with Crippen LogP contribution in [0, 0.1) is 0 Å². The third kappa shape index (κ3) is 4.68. The average Bonchev–Trinajstić information content (AvgIpc) is 2.79. The lowest BCUT2D eigenvalue weighted by molar-refractivity contribution is -0.128. The van der Waals surface area contributed by atoms with Gasteiger partial charge >= 0.3 is 5.97 Å². The van der Waals surface area contributed by atoms with Crippen molar-refractivity contribution >= 4 is 34.6 Å². The molecule has 0 atom stereocenters. The Morgan fingerprint density at radius 1 is 0.968 bits per heavy atom. The second-order valence-electron chi connectivity index (χ2n) is 6.67. The van der Waals surface area contributed by atoms with Gasteiger partial charge in [0, 0.05) is 17.2 Å². The van der Waals surface area contributed by atoms with Crippen molar-refractivity contribution in [1.29, 1.82) is 0 Å². The van der Waals surface area contributed by atoms with Gasteiger partial charge in [0.15, 0.2) is 5.43 Å². The fourth-order valence-corrected chi connectivity index (χ4v) is 3.16. The molecule has 154 valence electrons. The molecular formula is C25H17ClO5. The molecule has 1 heterocycles. The predicted molar refractivity (Wildman–Crippen MR) is 121 cm³/mol. The van der Waals surface area contributed by atoms with Gasteiger partial charge in [-0.1, -0.05) is 35.9 Å². The van der Waals surface area contributed by atoms with Gasteiger partial charge in [-0.2, -0.15) is 0 Å².